The van der Waals surface area contributed by atoms with E-state index in [-0.39, 0.29) is 18.3 Å². The van der Waals surface area contributed by atoms with Crippen LogP contribution in [0.15, 0.2) is 36.4 Å². The van der Waals surface area contributed by atoms with E-state index in [0.29, 0.717) is 23.0 Å². The molecule has 26 heavy (non-hydrogen) atoms. The molecule has 0 fully saturated rings. The highest BCUT2D eigenvalue weighted by Crippen LogP contribution is 2.39. The third kappa shape index (κ3) is 4.56. The average Bonchev–Trinajstić information content (AvgIpc) is 2.66. The summed E-state index contributed by atoms with van der Waals surface area (Å²) in [5.41, 5.74) is 0.729. The minimum absolute atomic E-state index is 0.222. The van der Waals surface area contributed by atoms with E-state index in [0.717, 1.165) is 5.56 Å². The largest absolute Gasteiger partial charge is 0.493 e. The van der Waals surface area contributed by atoms with Crippen molar-refractivity contribution in [2.45, 2.75) is 19.6 Å². The summed E-state index contributed by atoms with van der Waals surface area (Å²) in [5.74, 6) is 1.21. The molecular formula is C19H22FNO5. The number of halogens is 1. The predicted octanol–water partition coefficient (Wildman–Crippen LogP) is 2.94. The molecule has 7 heteroatoms. The highest BCUT2D eigenvalue weighted by Gasteiger charge is 2.18. The van der Waals surface area contributed by atoms with Gasteiger partial charge in [0, 0.05) is 12.1 Å². The Bertz CT molecular complexity index is 748. The molecular weight excluding hydrogens is 341 g/mol. The topological polar surface area (TPSA) is 66.0 Å². The van der Waals surface area contributed by atoms with E-state index in [2.05, 4.69) is 5.32 Å². The van der Waals surface area contributed by atoms with Crippen molar-refractivity contribution >= 4 is 5.91 Å². The van der Waals surface area contributed by atoms with Crippen LogP contribution in [0.25, 0.3) is 0 Å². The highest BCUT2D eigenvalue weighted by molar-refractivity contribution is 5.80. The molecule has 0 aliphatic heterocycles. The van der Waals surface area contributed by atoms with E-state index in [1.165, 1.54) is 45.6 Å². The Labute approximate surface area is 151 Å². The molecule has 0 radical (unpaired) electrons. The van der Waals surface area contributed by atoms with E-state index in [4.69, 9.17) is 18.9 Å². The number of benzene rings is 2. The Hall–Kier alpha value is -2.96. The first-order valence-electron chi connectivity index (χ1n) is 7.98. The third-order valence-electron chi connectivity index (χ3n) is 3.73. The molecule has 6 nitrogen and oxygen atoms in total. The molecule has 1 atom stereocenters. The predicted molar refractivity (Wildman–Crippen MR) is 94.4 cm³/mol. The van der Waals surface area contributed by atoms with Crippen LogP contribution in [0.4, 0.5) is 4.39 Å². The van der Waals surface area contributed by atoms with Gasteiger partial charge in [-0.05, 0) is 43.3 Å². The normalized spacial score (nSPS) is 11.4. The monoisotopic (exact) mass is 363 g/mol. The molecule has 0 spiro atoms. The summed E-state index contributed by atoms with van der Waals surface area (Å²) in [4.78, 5) is 12.3. The fourth-order valence-electron chi connectivity index (χ4n) is 2.40. The van der Waals surface area contributed by atoms with Gasteiger partial charge in [-0.25, -0.2) is 4.39 Å². The Morgan fingerprint density at radius 2 is 1.65 bits per heavy atom. The first-order valence-corrected chi connectivity index (χ1v) is 7.98. The second-order valence-corrected chi connectivity index (χ2v) is 5.43. The lowest BCUT2D eigenvalue weighted by Crippen LogP contribution is -2.36. The van der Waals surface area contributed by atoms with Crippen LogP contribution in [0.2, 0.25) is 0 Å². The molecule has 0 aromatic heterocycles. The molecule has 0 bridgehead atoms. The van der Waals surface area contributed by atoms with Crippen molar-refractivity contribution in [2.75, 3.05) is 21.3 Å². The number of ether oxygens (including phenoxy) is 4. The van der Waals surface area contributed by atoms with Gasteiger partial charge in [0.05, 0.1) is 21.3 Å². The number of hydrogen-bond acceptors (Lipinski definition) is 5. The van der Waals surface area contributed by atoms with Gasteiger partial charge in [0.15, 0.2) is 17.6 Å². The van der Waals surface area contributed by atoms with Crippen molar-refractivity contribution in [1.82, 2.24) is 5.32 Å². The second kappa shape index (κ2) is 8.94. The van der Waals surface area contributed by atoms with Gasteiger partial charge in [-0.1, -0.05) is 0 Å². The van der Waals surface area contributed by atoms with Crippen LogP contribution in [0.5, 0.6) is 23.0 Å². The lowest BCUT2D eigenvalue weighted by atomic mass is 10.1. The van der Waals surface area contributed by atoms with Crippen LogP contribution in [0.1, 0.15) is 12.5 Å². The molecule has 2 rings (SSSR count). The second-order valence-electron chi connectivity index (χ2n) is 5.43. The van der Waals surface area contributed by atoms with E-state index in [9.17, 15) is 9.18 Å². The van der Waals surface area contributed by atoms with E-state index in [1.807, 2.05) is 0 Å². The number of methoxy groups -OCH3 is 3. The zero-order valence-corrected chi connectivity index (χ0v) is 15.2. The number of rotatable bonds is 8. The quantitative estimate of drug-likeness (QED) is 0.781. The van der Waals surface area contributed by atoms with Crippen LogP contribution in [-0.4, -0.2) is 33.3 Å². The SMILES string of the molecule is COc1ccc(CNC(=O)C(C)Oc2ccc(F)cc2)c(OC)c1OC. The molecule has 0 aliphatic rings. The number of carbonyl (C=O) groups is 1. The average molecular weight is 363 g/mol. The Morgan fingerprint density at radius 3 is 2.23 bits per heavy atom. The lowest BCUT2D eigenvalue weighted by molar-refractivity contribution is -0.127. The maximum atomic E-state index is 12.9. The van der Waals surface area contributed by atoms with Crippen molar-refractivity contribution in [1.29, 1.82) is 0 Å². The number of hydrogen-bond donors (Lipinski definition) is 1. The summed E-state index contributed by atoms with van der Waals surface area (Å²) in [7, 11) is 4.57. The van der Waals surface area contributed by atoms with Gasteiger partial charge in [0.1, 0.15) is 11.6 Å². The molecule has 0 saturated carbocycles. The number of carbonyl (C=O) groups excluding carboxylic acids is 1. The van der Waals surface area contributed by atoms with Gasteiger partial charge in [0.2, 0.25) is 5.75 Å². The van der Waals surface area contributed by atoms with Crippen molar-refractivity contribution in [2.24, 2.45) is 0 Å². The number of amides is 1. The van der Waals surface area contributed by atoms with Crippen LogP contribution in [0, 0.1) is 5.82 Å². The van der Waals surface area contributed by atoms with Crippen molar-refractivity contribution in [3.63, 3.8) is 0 Å². The molecule has 140 valence electrons. The maximum absolute atomic E-state index is 12.9. The summed E-state index contributed by atoms with van der Waals surface area (Å²) >= 11 is 0. The third-order valence-corrected chi connectivity index (χ3v) is 3.73. The lowest BCUT2D eigenvalue weighted by Gasteiger charge is -2.18. The Kier molecular flexibility index (Phi) is 6.66. The van der Waals surface area contributed by atoms with Crippen molar-refractivity contribution in [3.8, 4) is 23.0 Å². The first kappa shape index (κ1) is 19.4. The molecule has 1 N–H and O–H groups in total. The molecule has 1 amide bonds. The van der Waals surface area contributed by atoms with Crippen molar-refractivity contribution in [3.05, 3.63) is 47.8 Å². The Morgan fingerprint density at radius 1 is 1.00 bits per heavy atom. The van der Waals surface area contributed by atoms with Gasteiger partial charge in [0.25, 0.3) is 5.91 Å². The molecule has 2 aromatic carbocycles. The fraction of sp³-hybridized carbons (Fsp3) is 0.316. The van der Waals surface area contributed by atoms with Gasteiger partial charge in [-0.15, -0.1) is 0 Å². The minimum atomic E-state index is -0.744. The van der Waals surface area contributed by atoms with Crippen LogP contribution in [-0.2, 0) is 11.3 Å². The van der Waals surface area contributed by atoms with Crippen LogP contribution >= 0.6 is 0 Å². The van der Waals surface area contributed by atoms with Crippen LogP contribution in [0.3, 0.4) is 0 Å². The highest BCUT2D eigenvalue weighted by atomic mass is 19.1. The molecule has 0 heterocycles. The zero-order chi connectivity index (χ0) is 19.1. The summed E-state index contributed by atoms with van der Waals surface area (Å²) < 4.78 is 34.4. The molecule has 0 saturated heterocycles. The first-order chi connectivity index (χ1) is 12.5. The molecule has 1 unspecified atom stereocenters. The molecule has 2 aromatic rings. The summed E-state index contributed by atoms with van der Waals surface area (Å²) in [6.45, 7) is 1.84. The van der Waals surface area contributed by atoms with E-state index < -0.39 is 6.10 Å². The zero-order valence-electron chi connectivity index (χ0n) is 15.2. The smallest absolute Gasteiger partial charge is 0.261 e. The van der Waals surface area contributed by atoms with Crippen LogP contribution < -0.4 is 24.3 Å². The standard InChI is InChI=1S/C19H22FNO5/c1-12(26-15-8-6-14(20)7-9-15)19(22)21-11-13-5-10-16(23-2)18(25-4)17(13)24-3/h5-10,12H,11H2,1-4H3,(H,21,22). The van der Waals surface area contributed by atoms with Gasteiger partial charge in [-0.2, -0.15) is 0 Å². The summed E-state index contributed by atoms with van der Waals surface area (Å²) in [6, 6.07) is 9.00. The minimum Gasteiger partial charge on any atom is -0.493 e. The fourth-order valence-corrected chi connectivity index (χ4v) is 2.40. The molecule has 0 aliphatic carbocycles. The van der Waals surface area contributed by atoms with Crippen molar-refractivity contribution < 1.29 is 28.1 Å². The summed E-state index contributed by atoms with van der Waals surface area (Å²) in [5, 5.41) is 2.78. The van der Waals surface area contributed by atoms with Gasteiger partial charge < -0.3 is 24.3 Å². The van der Waals surface area contributed by atoms with Gasteiger partial charge in [-0.3, -0.25) is 4.79 Å². The Balaban J connectivity index is 2.03. The van der Waals surface area contributed by atoms with Gasteiger partial charge >= 0.3 is 0 Å². The van der Waals surface area contributed by atoms with E-state index >= 15 is 0 Å². The van der Waals surface area contributed by atoms with E-state index in [1.54, 1.807) is 19.1 Å². The summed E-state index contributed by atoms with van der Waals surface area (Å²) in [6.07, 6.45) is -0.744. The maximum Gasteiger partial charge on any atom is 0.261 e. The number of nitrogens with one attached hydrogen (secondary N) is 1.